The quantitative estimate of drug-likeness (QED) is 0.598. The van der Waals surface area contributed by atoms with E-state index in [2.05, 4.69) is 0 Å². The molecule has 0 saturated carbocycles. The molecule has 0 amide bonds. The average Bonchev–Trinajstić information content (AvgIpc) is 2.35. The van der Waals surface area contributed by atoms with Crippen molar-refractivity contribution >= 4 is 11.6 Å². The molecule has 0 radical (unpaired) electrons. The molecule has 0 atom stereocenters. The van der Waals surface area contributed by atoms with Crippen LogP contribution in [0.2, 0.25) is 0 Å². The molecule has 0 spiro atoms. The van der Waals surface area contributed by atoms with E-state index in [-0.39, 0.29) is 0 Å². The Hall–Kier alpha value is -0.920. The van der Waals surface area contributed by atoms with E-state index in [0.717, 1.165) is 12.8 Å². The summed E-state index contributed by atoms with van der Waals surface area (Å²) in [7, 11) is 0. The lowest BCUT2D eigenvalue weighted by atomic mass is 10.0. The van der Waals surface area contributed by atoms with Gasteiger partial charge in [-0.25, -0.2) is 0 Å². The van der Waals surface area contributed by atoms with Gasteiger partial charge in [0.05, 0.1) is 0 Å². The van der Waals surface area contributed by atoms with Gasteiger partial charge >= 0.3 is 0 Å². The molecule has 0 saturated heterocycles. The Balaban J connectivity index is 2.31. The van der Waals surface area contributed by atoms with Crippen molar-refractivity contribution in [2.75, 3.05) is 0 Å². The molecule has 0 aromatic heterocycles. The molecule has 1 aliphatic rings. The van der Waals surface area contributed by atoms with Gasteiger partial charge in [0.2, 0.25) is 0 Å². The molecular weight excluding hydrogens is 224 g/mol. The minimum atomic E-state index is 0.311. The van der Waals surface area contributed by atoms with Crippen molar-refractivity contribution in [2.45, 2.75) is 77.0 Å². The molecule has 0 aromatic rings. The van der Waals surface area contributed by atoms with Crippen molar-refractivity contribution in [2.24, 2.45) is 0 Å². The van der Waals surface area contributed by atoms with Crippen LogP contribution in [0.25, 0.3) is 0 Å². The van der Waals surface area contributed by atoms with Crippen LogP contribution >= 0.6 is 0 Å². The molecule has 0 bridgehead atoms. The Morgan fingerprint density at radius 3 is 1.28 bits per heavy atom. The molecular formula is C16H26O2. The molecule has 0 fully saturated rings. The summed E-state index contributed by atoms with van der Waals surface area (Å²) in [5.41, 5.74) is 0. The third-order valence-electron chi connectivity index (χ3n) is 3.52. The predicted octanol–water partition coefficient (Wildman–Crippen LogP) is 4.38. The zero-order valence-electron chi connectivity index (χ0n) is 11.5. The van der Waals surface area contributed by atoms with E-state index >= 15 is 0 Å². The SMILES string of the molecule is O=C1C/C=C\CC(=O)CCCCCCCCCC1. The number of carbonyl (C=O) groups excluding carboxylic acids is 2. The summed E-state index contributed by atoms with van der Waals surface area (Å²) in [6.07, 6.45) is 15.7. The molecule has 102 valence electrons. The van der Waals surface area contributed by atoms with Crippen LogP contribution in [-0.2, 0) is 9.59 Å². The first kappa shape index (κ1) is 15.1. The van der Waals surface area contributed by atoms with Crippen LogP contribution in [0.15, 0.2) is 12.2 Å². The van der Waals surface area contributed by atoms with Gasteiger partial charge in [0.25, 0.3) is 0 Å². The summed E-state index contributed by atoms with van der Waals surface area (Å²) in [5.74, 6) is 0.622. The van der Waals surface area contributed by atoms with E-state index < -0.39 is 0 Å². The maximum Gasteiger partial charge on any atom is 0.136 e. The van der Waals surface area contributed by atoms with Gasteiger partial charge < -0.3 is 0 Å². The Bertz CT molecular complexity index is 251. The molecule has 0 N–H and O–H groups in total. The number of carbonyl (C=O) groups is 2. The van der Waals surface area contributed by atoms with Gasteiger partial charge in [0, 0.05) is 25.7 Å². The van der Waals surface area contributed by atoms with E-state index in [1.54, 1.807) is 0 Å². The number of ketones is 2. The molecule has 18 heavy (non-hydrogen) atoms. The normalized spacial score (nSPS) is 23.8. The van der Waals surface area contributed by atoms with E-state index in [9.17, 15) is 9.59 Å². The number of hydrogen-bond donors (Lipinski definition) is 0. The highest BCUT2D eigenvalue weighted by atomic mass is 16.1. The second-order valence-electron chi connectivity index (χ2n) is 5.29. The first-order valence-electron chi connectivity index (χ1n) is 7.47. The fourth-order valence-electron chi connectivity index (χ4n) is 2.34. The van der Waals surface area contributed by atoms with Crippen LogP contribution in [0.5, 0.6) is 0 Å². The monoisotopic (exact) mass is 250 g/mol. The number of allylic oxidation sites excluding steroid dienone is 2. The molecule has 0 aliphatic heterocycles. The molecule has 0 aromatic carbocycles. The van der Waals surface area contributed by atoms with E-state index in [1.165, 1.54) is 38.5 Å². The molecule has 2 heteroatoms. The summed E-state index contributed by atoms with van der Waals surface area (Å²) in [6.45, 7) is 0. The largest absolute Gasteiger partial charge is 0.299 e. The van der Waals surface area contributed by atoms with Crippen molar-refractivity contribution in [3.8, 4) is 0 Å². The highest BCUT2D eigenvalue weighted by Crippen LogP contribution is 2.12. The second kappa shape index (κ2) is 10.0. The maximum absolute atomic E-state index is 11.5. The lowest BCUT2D eigenvalue weighted by Gasteiger charge is -2.03. The maximum atomic E-state index is 11.5. The Morgan fingerprint density at radius 2 is 0.889 bits per heavy atom. The average molecular weight is 250 g/mol. The lowest BCUT2D eigenvalue weighted by molar-refractivity contribution is -0.119. The second-order valence-corrected chi connectivity index (χ2v) is 5.29. The summed E-state index contributed by atoms with van der Waals surface area (Å²) < 4.78 is 0. The van der Waals surface area contributed by atoms with Crippen molar-refractivity contribution in [3.05, 3.63) is 12.2 Å². The zero-order chi connectivity index (χ0) is 13.1. The van der Waals surface area contributed by atoms with Gasteiger partial charge in [-0.3, -0.25) is 9.59 Å². The van der Waals surface area contributed by atoms with Gasteiger partial charge in [0.15, 0.2) is 0 Å². The summed E-state index contributed by atoms with van der Waals surface area (Å²) in [4.78, 5) is 23.0. The molecule has 1 aliphatic carbocycles. The van der Waals surface area contributed by atoms with Crippen LogP contribution in [0, 0.1) is 0 Å². The van der Waals surface area contributed by atoms with Crippen LogP contribution in [0.4, 0.5) is 0 Å². The van der Waals surface area contributed by atoms with E-state index in [4.69, 9.17) is 0 Å². The topological polar surface area (TPSA) is 34.1 Å². The van der Waals surface area contributed by atoms with Gasteiger partial charge in [-0.2, -0.15) is 0 Å². The van der Waals surface area contributed by atoms with Crippen LogP contribution in [0.1, 0.15) is 77.0 Å². The predicted molar refractivity (Wildman–Crippen MR) is 74.6 cm³/mol. The summed E-state index contributed by atoms with van der Waals surface area (Å²) in [6, 6.07) is 0. The zero-order valence-corrected chi connectivity index (χ0v) is 11.5. The van der Waals surface area contributed by atoms with Crippen LogP contribution < -0.4 is 0 Å². The van der Waals surface area contributed by atoms with Gasteiger partial charge in [-0.05, 0) is 12.8 Å². The van der Waals surface area contributed by atoms with Crippen LogP contribution in [0.3, 0.4) is 0 Å². The molecule has 1 rings (SSSR count). The Labute approximate surface area is 111 Å². The van der Waals surface area contributed by atoms with Gasteiger partial charge in [0.1, 0.15) is 11.6 Å². The minimum Gasteiger partial charge on any atom is -0.299 e. The third kappa shape index (κ3) is 8.21. The molecule has 0 unspecified atom stereocenters. The third-order valence-corrected chi connectivity index (χ3v) is 3.52. The highest BCUT2D eigenvalue weighted by Gasteiger charge is 2.02. The van der Waals surface area contributed by atoms with Crippen molar-refractivity contribution in [1.82, 2.24) is 0 Å². The van der Waals surface area contributed by atoms with Crippen molar-refractivity contribution < 1.29 is 9.59 Å². The molecule has 2 nitrogen and oxygen atoms in total. The van der Waals surface area contributed by atoms with Crippen molar-refractivity contribution in [3.63, 3.8) is 0 Å². The smallest absolute Gasteiger partial charge is 0.136 e. The lowest BCUT2D eigenvalue weighted by Crippen LogP contribution is -1.98. The fourth-order valence-corrected chi connectivity index (χ4v) is 2.34. The summed E-state index contributed by atoms with van der Waals surface area (Å²) in [5, 5.41) is 0. The van der Waals surface area contributed by atoms with Gasteiger partial charge in [-0.1, -0.05) is 50.7 Å². The Morgan fingerprint density at radius 1 is 0.556 bits per heavy atom. The van der Waals surface area contributed by atoms with Crippen LogP contribution in [-0.4, -0.2) is 11.6 Å². The standard InChI is InChI=1S/C16H26O2/c17-15-11-7-5-3-1-2-4-6-8-12-16(18)14-10-9-13-15/h9-10H,1-8,11-14H2/b10-9-. The fraction of sp³-hybridized carbons (Fsp3) is 0.750. The van der Waals surface area contributed by atoms with E-state index in [1.807, 2.05) is 12.2 Å². The van der Waals surface area contributed by atoms with E-state index in [0.29, 0.717) is 37.2 Å². The summed E-state index contributed by atoms with van der Waals surface area (Å²) >= 11 is 0. The van der Waals surface area contributed by atoms with Gasteiger partial charge in [-0.15, -0.1) is 0 Å². The van der Waals surface area contributed by atoms with Crippen molar-refractivity contribution in [1.29, 1.82) is 0 Å². The Kier molecular flexibility index (Phi) is 8.45. The number of Topliss-reactive ketones (excluding diaryl/α,β-unsaturated/α-hetero) is 2. The number of rotatable bonds is 0. The first-order valence-corrected chi connectivity index (χ1v) is 7.47. The number of hydrogen-bond acceptors (Lipinski definition) is 2. The minimum absolute atomic E-state index is 0.311. The first-order chi connectivity index (χ1) is 8.79. The highest BCUT2D eigenvalue weighted by molar-refractivity contribution is 5.81. The molecule has 0 heterocycles.